The summed E-state index contributed by atoms with van der Waals surface area (Å²) in [7, 11) is 1.19. The van der Waals surface area contributed by atoms with Crippen molar-refractivity contribution in [2.75, 3.05) is 7.11 Å². The predicted octanol–water partition coefficient (Wildman–Crippen LogP) is 2.47. The monoisotopic (exact) mass is 303 g/mol. The van der Waals surface area contributed by atoms with Crippen LogP contribution in [0.15, 0.2) is 54.4 Å². The number of ether oxygens (including phenoxy) is 1. The van der Waals surface area contributed by atoms with Crippen molar-refractivity contribution in [3.05, 3.63) is 71.5 Å². The summed E-state index contributed by atoms with van der Waals surface area (Å²) in [4.78, 5) is 23.0. The standard InChI is InChI=1S/C16H14FNO4/c1-22-15(16(20)21)9-14(19)13-3-2-8-18(13)10-11-4-6-12(17)7-5-11/h2-9H,10H2,1H3,(H,20,21)/b15-9-. The van der Waals surface area contributed by atoms with Crippen LogP contribution in [-0.4, -0.2) is 28.5 Å². The van der Waals surface area contributed by atoms with Crippen LogP contribution in [0.3, 0.4) is 0 Å². The average molecular weight is 303 g/mol. The van der Waals surface area contributed by atoms with Crippen molar-refractivity contribution in [1.82, 2.24) is 4.57 Å². The van der Waals surface area contributed by atoms with Gasteiger partial charge in [-0.25, -0.2) is 9.18 Å². The molecule has 0 aliphatic heterocycles. The summed E-state index contributed by atoms with van der Waals surface area (Å²) in [5.74, 6) is -2.56. The molecule has 0 atom stereocenters. The van der Waals surface area contributed by atoms with Crippen LogP contribution in [0, 0.1) is 5.82 Å². The lowest BCUT2D eigenvalue weighted by molar-refractivity contribution is -0.136. The third-order valence-electron chi connectivity index (χ3n) is 3.04. The minimum Gasteiger partial charge on any atom is -0.490 e. The van der Waals surface area contributed by atoms with Crippen molar-refractivity contribution >= 4 is 11.8 Å². The lowest BCUT2D eigenvalue weighted by Gasteiger charge is -2.08. The fourth-order valence-electron chi connectivity index (χ4n) is 1.96. The van der Waals surface area contributed by atoms with Gasteiger partial charge < -0.3 is 14.4 Å². The highest BCUT2D eigenvalue weighted by Crippen LogP contribution is 2.11. The van der Waals surface area contributed by atoms with Crippen LogP contribution in [0.4, 0.5) is 4.39 Å². The van der Waals surface area contributed by atoms with Gasteiger partial charge in [-0.15, -0.1) is 0 Å². The first-order valence-electron chi connectivity index (χ1n) is 6.44. The highest BCUT2D eigenvalue weighted by molar-refractivity contribution is 6.06. The van der Waals surface area contributed by atoms with E-state index in [-0.39, 0.29) is 5.82 Å². The molecular weight excluding hydrogens is 289 g/mol. The summed E-state index contributed by atoms with van der Waals surface area (Å²) in [6, 6.07) is 9.19. The van der Waals surface area contributed by atoms with E-state index in [0.29, 0.717) is 12.2 Å². The van der Waals surface area contributed by atoms with Crippen LogP contribution in [0.5, 0.6) is 0 Å². The number of hydrogen-bond acceptors (Lipinski definition) is 3. The maximum Gasteiger partial charge on any atom is 0.371 e. The third kappa shape index (κ3) is 3.60. The van der Waals surface area contributed by atoms with Gasteiger partial charge in [0.05, 0.1) is 12.8 Å². The molecule has 0 saturated carbocycles. The molecule has 1 N–H and O–H groups in total. The van der Waals surface area contributed by atoms with Crippen molar-refractivity contribution in [3.63, 3.8) is 0 Å². The van der Waals surface area contributed by atoms with Gasteiger partial charge in [-0.1, -0.05) is 12.1 Å². The summed E-state index contributed by atoms with van der Waals surface area (Å²) in [6.45, 7) is 0.373. The van der Waals surface area contributed by atoms with E-state index in [4.69, 9.17) is 5.11 Å². The van der Waals surface area contributed by atoms with E-state index in [9.17, 15) is 14.0 Å². The van der Waals surface area contributed by atoms with Crippen molar-refractivity contribution in [3.8, 4) is 0 Å². The van der Waals surface area contributed by atoms with E-state index in [0.717, 1.165) is 11.6 Å². The van der Waals surface area contributed by atoms with Gasteiger partial charge in [-0.05, 0) is 29.8 Å². The Morgan fingerprint density at radius 2 is 1.95 bits per heavy atom. The molecule has 22 heavy (non-hydrogen) atoms. The Labute approximate surface area is 126 Å². The molecule has 0 unspecified atom stereocenters. The number of nitrogens with zero attached hydrogens (tertiary/aromatic N) is 1. The molecule has 0 fully saturated rings. The Hall–Kier alpha value is -2.89. The van der Waals surface area contributed by atoms with E-state index in [1.807, 2.05) is 0 Å². The third-order valence-corrected chi connectivity index (χ3v) is 3.04. The first-order valence-corrected chi connectivity index (χ1v) is 6.44. The summed E-state index contributed by atoms with van der Waals surface area (Å²) >= 11 is 0. The predicted molar refractivity (Wildman–Crippen MR) is 77.0 cm³/mol. The van der Waals surface area contributed by atoms with E-state index >= 15 is 0 Å². The lowest BCUT2D eigenvalue weighted by Crippen LogP contribution is -2.11. The molecule has 5 nitrogen and oxygen atoms in total. The van der Waals surface area contributed by atoms with Crippen LogP contribution in [-0.2, 0) is 16.1 Å². The average Bonchev–Trinajstić information content (AvgIpc) is 2.94. The molecule has 1 aromatic heterocycles. The van der Waals surface area contributed by atoms with Gasteiger partial charge in [-0.3, -0.25) is 4.79 Å². The maximum atomic E-state index is 12.9. The molecule has 0 spiro atoms. The Morgan fingerprint density at radius 1 is 1.27 bits per heavy atom. The normalized spacial score (nSPS) is 11.3. The molecule has 0 bridgehead atoms. The smallest absolute Gasteiger partial charge is 0.371 e. The van der Waals surface area contributed by atoms with Gasteiger partial charge in [0.25, 0.3) is 0 Å². The van der Waals surface area contributed by atoms with Gasteiger partial charge in [0.1, 0.15) is 5.82 Å². The number of halogens is 1. The number of carbonyl (C=O) groups is 2. The number of ketones is 1. The molecule has 0 aliphatic carbocycles. The first kappa shape index (κ1) is 15.5. The number of methoxy groups -OCH3 is 1. The second-order valence-electron chi connectivity index (χ2n) is 4.53. The molecule has 6 heteroatoms. The van der Waals surface area contributed by atoms with E-state index in [1.165, 1.54) is 19.2 Å². The summed E-state index contributed by atoms with van der Waals surface area (Å²) in [5.41, 5.74) is 1.14. The van der Waals surface area contributed by atoms with Gasteiger partial charge in [0.15, 0.2) is 0 Å². The molecular formula is C16H14FNO4. The van der Waals surface area contributed by atoms with Crippen molar-refractivity contribution in [2.24, 2.45) is 0 Å². The van der Waals surface area contributed by atoms with E-state index in [2.05, 4.69) is 4.74 Å². The molecule has 114 valence electrons. The van der Waals surface area contributed by atoms with E-state index < -0.39 is 17.5 Å². The quantitative estimate of drug-likeness (QED) is 0.506. The minimum atomic E-state index is -1.31. The second-order valence-corrected chi connectivity index (χ2v) is 4.53. The Kier molecular flexibility index (Phi) is 4.73. The van der Waals surface area contributed by atoms with E-state index in [1.54, 1.807) is 35.0 Å². The van der Waals surface area contributed by atoms with Crippen LogP contribution < -0.4 is 0 Å². The van der Waals surface area contributed by atoms with Crippen LogP contribution in [0.1, 0.15) is 16.1 Å². The topological polar surface area (TPSA) is 68.5 Å². The fraction of sp³-hybridized carbons (Fsp3) is 0.125. The largest absolute Gasteiger partial charge is 0.490 e. The number of allylic oxidation sites excluding steroid dienone is 1. The molecule has 0 amide bonds. The van der Waals surface area contributed by atoms with Crippen molar-refractivity contribution in [2.45, 2.75) is 6.54 Å². The number of benzene rings is 1. The Balaban J connectivity index is 2.24. The van der Waals surface area contributed by atoms with Crippen molar-refractivity contribution < 1.29 is 23.8 Å². The number of aromatic nitrogens is 1. The van der Waals surface area contributed by atoms with Crippen LogP contribution >= 0.6 is 0 Å². The molecule has 2 aromatic rings. The Bertz CT molecular complexity index is 716. The molecule has 2 rings (SSSR count). The second kappa shape index (κ2) is 6.71. The lowest BCUT2D eigenvalue weighted by atomic mass is 10.2. The molecule has 1 heterocycles. The zero-order valence-corrected chi connectivity index (χ0v) is 11.8. The molecule has 0 aliphatic rings. The highest BCUT2D eigenvalue weighted by atomic mass is 19.1. The number of hydrogen-bond donors (Lipinski definition) is 1. The SMILES string of the molecule is CO/C(=C\C(=O)c1cccn1Cc1ccc(F)cc1)C(=O)O. The number of aliphatic carboxylic acids is 1. The molecule has 0 radical (unpaired) electrons. The Morgan fingerprint density at radius 3 is 2.55 bits per heavy atom. The fourth-order valence-corrected chi connectivity index (χ4v) is 1.96. The zero-order chi connectivity index (χ0) is 16.1. The highest BCUT2D eigenvalue weighted by Gasteiger charge is 2.14. The summed E-state index contributed by atoms with van der Waals surface area (Å²) in [6.07, 6.45) is 2.62. The van der Waals surface area contributed by atoms with Crippen LogP contribution in [0.25, 0.3) is 0 Å². The summed E-state index contributed by atoms with van der Waals surface area (Å²) in [5, 5.41) is 8.86. The summed E-state index contributed by atoms with van der Waals surface area (Å²) < 4.78 is 19.2. The number of carboxylic acids is 1. The maximum absolute atomic E-state index is 12.9. The van der Waals surface area contributed by atoms with Gasteiger partial charge in [0.2, 0.25) is 11.5 Å². The minimum absolute atomic E-state index is 0.320. The van der Waals surface area contributed by atoms with Gasteiger partial charge in [0, 0.05) is 18.8 Å². The molecule has 0 saturated heterocycles. The van der Waals surface area contributed by atoms with Gasteiger partial charge in [-0.2, -0.15) is 0 Å². The first-order chi connectivity index (χ1) is 10.5. The van der Waals surface area contributed by atoms with Gasteiger partial charge >= 0.3 is 5.97 Å². The number of rotatable bonds is 6. The number of carboxylic acid groups (broad SMARTS) is 1. The molecule has 1 aromatic carbocycles. The van der Waals surface area contributed by atoms with Crippen LogP contribution in [0.2, 0.25) is 0 Å². The zero-order valence-electron chi connectivity index (χ0n) is 11.8. The number of carbonyl (C=O) groups excluding carboxylic acids is 1. The van der Waals surface area contributed by atoms with Crippen molar-refractivity contribution in [1.29, 1.82) is 0 Å².